The van der Waals surface area contributed by atoms with Crippen LogP contribution < -0.4 is 0 Å². The summed E-state index contributed by atoms with van der Waals surface area (Å²) >= 11 is 0. The first-order valence-electron chi connectivity index (χ1n) is 10.1. The molecule has 0 amide bonds. The minimum absolute atomic E-state index is 0.292. The number of carbonyl (C=O) groups excluding carboxylic acids is 1. The highest BCUT2D eigenvalue weighted by Crippen LogP contribution is 2.23. The van der Waals surface area contributed by atoms with Crippen molar-refractivity contribution in [3.8, 4) is 0 Å². The van der Waals surface area contributed by atoms with Crippen molar-refractivity contribution >= 4 is 22.4 Å². The van der Waals surface area contributed by atoms with Gasteiger partial charge in [0, 0.05) is 29.7 Å². The van der Waals surface area contributed by atoms with E-state index in [9.17, 15) is 4.79 Å². The van der Waals surface area contributed by atoms with Gasteiger partial charge in [0.15, 0.2) is 0 Å². The molecule has 0 unspecified atom stereocenters. The minimum atomic E-state index is -0.292. The minimum Gasteiger partial charge on any atom is -0.463 e. The number of hydrogen-bond donors (Lipinski definition) is 0. The number of benzene rings is 2. The summed E-state index contributed by atoms with van der Waals surface area (Å²) in [6, 6.07) is 17.4. The van der Waals surface area contributed by atoms with E-state index in [4.69, 9.17) is 4.74 Å². The van der Waals surface area contributed by atoms with Crippen molar-refractivity contribution in [2.75, 3.05) is 6.61 Å². The van der Waals surface area contributed by atoms with Gasteiger partial charge in [-0.05, 0) is 67.2 Å². The molecular formula is C25H29NO2. The van der Waals surface area contributed by atoms with Gasteiger partial charge in [-0.3, -0.25) is 0 Å². The van der Waals surface area contributed by atoms with Gasteiger partial charge in [-0.25, -0.2) is 4.79 Å². The molecule has 0 radical (unpaired) electrons. The molecule has 0 saturated heterocycles. The Morgan fingerprint density at radius 1 is 1.04 bits per heavy atom. The average Bonchev–Trinajstić information content (AvgIpc) is 3.09. The third-order valence-corrected chi connectivity index (χ3v) is 5.04. The maximum atomic E-state index is 11.7. The number of carbonyl (C=O) groups is 1. The molecule has 0 bridgehead atoms. The van der Waals surface area contributed by atoms with Crippen LogP contribution in [0.15, 0.2) is 60.8 Å². The summed E-state index contributed by atoms with van der Waals surface area (Å²) in [7, 11) is 0. The molecule has 28 heavy (non-hydrogen) atoms. The van der Waals surface area contributed by atoms with Crippen LogP contribution in [0.3, 0.4) is 0 Å². The lowest BCUT2D eigenvalue weighted by molar-refractivity contribution is -0.137. The van der Waals surface area contributed by atoms with E-state index in [1.54, 1.807) is 6.08 Å². The predicted octanol–water partition coefficient (Wildman–Crippen LogP) is 6.00. The first kappa shape index (κ1) is 19.9. The number of ether oxygens (including phenoxy) is 1. The van der Waals surface area contributed by atoms with E-state index < -0.39 is 0 Å². The second-order valence-corrected chi connectivity index (χ2v) is 7.22. The van der Waals surface area contributed by atoms with Crippen LogP contribution in [0.5, 0.6) is 0 Å². The number of fused-ring (bicyclic) bond motifs is 1. The van der Waals surface area contributed by atoms with E-state index in [2.05, 4.69) is 66.2 Å². The predicted molar refractivity (Wildman–Crippen MR) is 116 cm³/mol. The highest BCUT2D eigenvalue weighted by Gasteiger charge is 2.06. The fraction of sp³-hybridized carbons (Fsp3) is 0.320. The van der Waals surface area contributed by atoms with Crippen LogP contribution in [-0.4, -0.2) is 17.1 Å². The Morgan fingerprint density at radius 3 is 2.50 bits per heavy atom. The van der Waals surface area contributed by atoms with Gasteiger partial charge in [-0.15, -0.1) is 0 Å². The number of aromatic nitrogens is 1. The van der Waals surface area contributed by atoms with Crippen LogP contribution in [0.1, 0.15) is 50.3 Å². The van der Waals surface area contributed by atoms with Crippen molar-refractivity contribution in [2.24, 2.45) is 0 Å². The zero-order valence-corrected chi connectivity index (χ0v) is 17.1. The SMILES string of the molecule is CCCCc1ccc(Cn2ccc3cc(/C(C)=C/C(=O)OCC)ccc32)cc1. The van der Waals surface area contributed by atoms with Gasteiger partial charge in [0.1, 0.15) is 0 Å². The first-order valence-corrected chi connectivity index (χ1v) is 10.1. The summed E-state index contributed by atoms with van der Waals surface area (Å²) in [5.41, 5.74) is 5.87. The monoisotopic (exact) mass is 375 g/mol. The molecule has 1 heterocycles. The van der Waals surface area contributed by atoms with Gasteiger partial charge in [0.05, 0.1) is 6.61 Å². The number of nitrogens with zero attached hydrogens (tertiary/aromatic N) is 1. The van der Waals surface area contributed by atoms with Gasteiger partial charge in [-0.2, -0.15) is 0 Å². The summed E-state index contributed by atoms with van der Waals surface area (Å²) in [4.78, 5) is 11.7. The molecule has 3 aromatic rings. The van der Waals surface area contributed by atoms with Gasteiger partial charge in [0.2, 0.25) is 0 Å². The lowest BCUT2D eigenvalue weighted by Crippen LogP contribution is -2.00. The quantitative estimate of drug-likeness (QED) is 0.357. The Balaban J connectivity index is 1.76. The first-order chi connectivity index (χ1) is 13.6. The van der Waals surface area contributed by atoms with Crippen molar-refractivity contribution in [3.05, 3.63) is 77.5 Å². The molecule has 0 aliphatic carbocycles. The Bertz CT molecular complexity index is 964. The smallest absolute Gasteiger partial charge is 0.331 e. The normalized spacial score (nSPS) is 11.8. The lowest BCUT2D eigenvalue weighted by Gasteiger charge is -2.08. The average molecular weight is 376 g/mol. The van der Waals surface area contributed by atoms with Crippen LogP contribution in [0.2, 0.25) is 0 Å². The van der Waals surface area contributed by atoms with Crippen LogP contribution in [0, 0.1) is 0 Å². The fourth-order valence-corrected chi connectivity index (χ4v) is 3.42. The summed E-state index contributed by atoms with van der Waals surface area (Å²) in [6.45, 7) is 7.23. The maximum Gasteiger partial charge on any atom is 0.331 e. The number of esters is 1. The Kier molecular flexibility index (Phi) is 6.70. The van der Waals surface area contributed by atoms with E-state index >= 15 is 0 Å². The van der Waals surface area contributed by atoms with Gasteiger partial charge < -0.3 is 9.30 Å². The van der Waals surface area contributed by atoms with E-state index in [0.29, 0.717) is 6.61 Å². The maximum absolute atomic E-state index is 11.7. The summed E-state index contributed by atoms with van der Waals surface area (Å²) < 4.78 is 7.27. The molecule has 3 nitrogen and oxygen atoms in total. The van der Waals surface area contributed by atoms with Gasteiger partial charge in [-0.1, -0.05) is 43.7 Å². The van der Waals surface area contributed by atoms with E-state index in [1.165, 1.54) is 34.9 Å². The molecule has 0 spiro atoms. The van der Waals surface area contributed by atoms with Gasteiger partial charge in [0.25, 0.3) is 0 Å². The van der Waals surface area contributed by atoms with Crippen LogP contribution >= 0.6 is 0 Å². The highest BCUT2D eigenvalue weighted by molar-refractivity contribution is 5.92. The molecule has 3 heteroatoms. The number of unbranched alkanes of at least 4 members (excludes halogenated alkanes) is 1. The van der Waals surface area contributed by atoms with E-state index in [-0.39, 0.29) is 5.97 Å². The Morgan fingerprint density at radius 2 is 1.79 bits per heavy atom. The molecule has 0 fully saturated rings. The topological polar surface area (TPSA) is 31.2 Å². The van der Waals surface area contributed by atoms with Crippen LogP contribution in [0.4, 0.5) is 0 Å². The number of allylic oxidation sites excluding steroid dienone is 1. The van der Waals surface area contributed by atoms with Gasteiger partial charge >= 0.3 is 5.97 Å². The molecule has 0 saturated carbocycles. The van der Waals surface area contributed by atoms with Crippen LogP contribution in [0.25, 0.3) is 16.5 Å². The number of rotatable bonds is 8. The fourth-order valence-electron chi connectivity index (χ4n) is 3.42. The van der Waals surface area contributed by atoms with Crippen molar-refractivity contribution in [1.82, 2.24) is 4.57 Å². The molecule has 0 N–H and O–H groups in total. The lowest BCUT2D eigenvalue weighted by atomic mass is 10.0. The third kappa shape index (κ3) is 4.92. The van der Waals surface area contributed by atoms with E-state index in [1.807, 2.05) is 13.8 Å². The van der Waals surface area contributed by atoms with Crippen LogP contribution in [-0.2, 0) is 22.5 Å². The van der Waals surface area contributed by atoms with Crippen molar-refractivity contribution in [3.63, 3.8) is 0 Å². The van der Waals surface area contributed by atoms with Crippen molar-refractivity contribution in [2.45, 2.75) is 46.6 Å². The van der Waals surface area contributed by atoms with Crippen molar-refractivity contribution < 1.29 is 9.53 Å². The molecule has 3 rings (SSSR count). The number of aryl methyl sites for hydroxylation is 1. The molecular weight excluding hydrogens is 346 g/mol. The molecule has 0 aliphatic heterocycles. The highest BCUT2D eigenvalue weighted by atomic mass is 16.5. The summed E-state index contributed by atoms with van der Waals surface area (Å²) in [6.07, 6.45) is 7.32. The van der Waals surface area contributed by atoms with Crippen molar-refractivity contribution in [1.29, 1.82) is 0 Å². The second kappa shape index (κ2) is 9.41. The zero-order chi connectivity index (χ0) is 19.9. The summed E-state index contributed by atoms with van der Waals surface area (Å²) in [5, 5.41) is 1.17. The second-order valence-electron chi connectivity index (χ2n) is 7.22. The standard InChI is InChI=1S/C25H29NO2/c1-4-6-7-20-8-10-21(11-9-20)18-26-15-14-23-17-22(12-13-24(23)26)19(3)16-25(27)28-5-2/h8-17H,4-7,18H2,1-3H3/b19-16+. The summed E-state index contributed by atoms with van der Waals surface area (Å²) in [5.74, 6) is -0.292. The zero-order valence-electron chi connectivity index (χ0n) is 17.1. The molecule has 0 atom stereocenters. The Hall–Kier alpha value is -2.81. The molecule has 0 aliphatic rings. The molecule has 1 aromatic heterocycles. The molecule has 146 valence electrons. The number of hydrogen-bond acceptors (Lipinski definition) is 2. The van der Waals surface area contributed by atoms with E-state index in [0.717, 1.165) is 24.1 Å². The Labute approximate surface area is 167 Å². The largest absolute Gasteiger partial charge is 0.463 e. The third-order valence-electron chi connectivity index (χ3n) is 5.04. The molecule has 2 aromatic carbocycles.